The van der Waals surface area contributed by atoms with Crippen molar-refractivity contribution in [2.24, 2.45) is 0 Å². The molecule has 0 heterocycles. The summed E-state index contributed by atoms with van der Waals surface area (Å²) in [5.74, 6) is -1.29. The molecule has 0 bridgehead atoms. The predicted octanol–water partition coefficient (Wildman–Crippen LogP) is 2.21. The summed E-state index contributed by atoms with van der Waals surface area (Å²) in [5.41, 5.74) is 0. The first-order valence-corrected chi connectivity index (χ1v) is 6.68. The summed E-state index contributed by atoms with van der Waals surface area (Å²) in [6, 6.07) is 12.0. The van der Waals surface area contributed by atoms with E-state index in [2.05, 4.69) is 0 Å². The fourth-order valence-corrected chi connectivity index (χ4v) is 2.57. The lowest BCUT2D eigenvalue weighted by atomic mass is 10.1. The Labute approximate surface area is 104 Å². The van der Waals surface area contributed by atoms with E-state index >= 15 is 0 Å². The molecule has 0 unspecified atom stereocenters. The van der Waals surface area contributed by atoms with Gasteiger partial charge in [0, 0.05) is 11.5 Å². The zero-order valence-corrected chi connectivity index (χ0v) is 10.1. The van der Waals surface area contributed by atoms with Gasteiger partial charge in [0.1, 0.15) is 0 Å². The molecule has 2 aromatic rings. The van der Waals surface area contributed by atoms with Gasteiger partial charge in [-0.2, -0.15) is 0 Å². The molecule has 0 aromatic heterocycles. The highest BCUT2D eigenvalue weighted by Crippen LogP contribution is 2.20. The number of aliphatic carboxylic acids is 1. The minimum atomic E-state index is -3.71. The minimum absolute atomic E-state index is 0.0821. The summed E-state index contributed by atoms with van der Waals surface area (Å²) in [5, 5.41) is 10.9. The molecule has 0 saturated carbocycles. The van der Waals surface area contributed by atoms with Crippen molar-refractivity contribution in [1.82, 2.24) is 0 Å². The molecule has 0 radical (unpaired) electrons. The molecule has 0 saturated heterocycles. The van der Waals surface area contributed by atoms with Gasteiger partial charge in [0.15, 0.2) is 9.84 Å². The number of carboxylic acids is 1. The maximum atomic E-state index is 11.8. The summed E-state index contributed by atoms with van der Waals surface area (Å²) >= 11 is 0. The number of carboxylic acid groups (broad SMARTS) is 1. The monoisotopic (exact) mass is 262 g/mol. The number of hydrogen-bond acceptors (Lipinski definition) is 3. The van der Waals surface area contributed by atoms with Crippen molar-refractivity contribution in [1.29, 1.82) is 0 Å². The molecule has 2 aromatic carbocycles. The zero-order chi connectivity index (χ0) is 13.2. The second-order valence-electron chi connectivity index (χ2n) is 3.69. The summed E-state index contributed by atoms with van der Waals surface area (Å²) in [6.07, 6.45) is 0.616. The first-order chi connectivity index (χ1) is 8.49. The Hall–Kier alpha value is -2.14. The van der Waals surface area contributed by atoms with E-state index in [-0.39, 0.29) is 4.90 Å². The maximum Gasteiger partial charge on any atom is 0.329 e. The molecular weight excluding hydrogens is 252 g/mol. The molecule has 2 rings (SSSR count). The van der Waals surface area contributed by atoms with Crippen LogP contribution in [0.15, 0.2) is 58.8 Å². The van der Waals surface area contributed by atoms with Crippen LogP contribution in [0.4, 0.5) is 0 Å². The van der Waals surface area contributed by atoms with Crippen molar-refractivity contribution in [3.8, 4) is 0 Å². The van der Waals surface area contributed by atoms with Gasteiger partial charge >= 0.3 is 5.97 Å². The molecule has 0 amide bonds. The van der Waals surface area contributed by atoms with Crippen LogP contribution in [0.1, 0.15) is 0 Å². The maximum absolute atomic E-state index is 11.8. The fraction of sp³-hybridized carbons (Fsp3) is 0. The van der Waals surface area contributed by atoms with E-state index in [9.17, 15) is 13.2 Å². The highest BCUT2D eigenvalue weighted by molar-refractivity contribution is 7.94. The van der Waals surface area contributed by atoms with Crippen LogP contribution in [0.5, 0.6) is 0 Å². The molecular formula is C13H10O4S. The average Bonchev–Trinajstić information content (AvgIpc) is 2.36. The molecule has 0 spiro atoms. The van der Waals surface area contributed by atoms with Gasteiger partial charge in [-0.15, -0.1) is 0 Å². The van der Waals surface area contributed by atoms with E-state index in [1.165, 1.54) is 12.1 Å². The number of sulfone groups is 1. The highest BCUT2D eigenvalue weighted by Gasteiger charge is 2.11. The average molecular weight is 262 g/mol. The second kappa shape index (κ2) is 4.62. The van der Waals surface area contributed by atoms with Gasteiger partial charge < -0.3 is 5.11 Å². The summed E-state index contributed by atoms with van der Waals surface area (Å²) < 4.78 is 23.7. The standard InChI is InChI=1S/C13H10O4S/c14-13(15)7-8-18(16,17)12-6-5-10-3-1-2-4-11(10)9-12/h1-9H,(H,14,15)/b8-7-. The van der Waals surface area contributed by atoms with Crippen molar-refractivity contribution in [3.63, 3.8) is 0 Å². The van der Waals surface area contributed by atoms with Crippen LogP contribution in [0, 0.1) is 0 Å². The zero-order valence-electron chi connectivity index (χ0n) is 9.28. The third kappa shape index (κ3) is 2.57. The quantitative estimate of drug-likeness (QED) is 0.861. The van der Waals surface area contributed by atoms with Gasteiger partial charge in [0.25, 0.3) is 0 Å². The van der Waals surface area contributed by atoms with Crippen LogP contribution in [0.2, 0.25) is 0 Å². The number of rotatable bonds is 3. The Bertz CT molecular complexity index is 729. The van der Waals surface area contributed by atoms with Crippen LogP contribution in [0.25, 0.3) is 10.8 Å². The Balaban J connectivity index is 2.51. The van der Waals surface area contributed by atoms with Crippen molar-refractivity contribution in [3.05, 3.63) is 53.9 Å². The van der Waals surface area contributed by atoms with E-state index < -0.39 is 15.8 Å². The van der Waals surface area contributed by atoms with Crippen molar-refractivity contribution in [2.75, 3.05) is 0 Å². The molecule has 0 aliphatic rings. The smallest absolute Gasteiger partial charge is 0.329 e. The Morgan fingerprint density at radius 2 is 1.72 bits per heavy atom. The first kappa shape index (κ1) is 12.3. The normalized spacial score (nSPS) is 12.0. The van der Waals surface area contributed by atoms with E-state index in [0.717, 1.165) is 10.8 Å². The van der Waals surface area contributed by atoms with Crippen molar-refractivity contribution >= 4 is 26.6 Å². The largest absolute Gasteiger partial charge is 0.478 e. The SMILES string of the molecule is O=C(O)/C=C\S(=O)(=O)c1ccc2ccccc2c1. The Morgan fingerprint density at radius 1 is 1.06 bits per heavy atom. The number of fused-ring (bicyclic) bond motifs is 1. The topological polar surface area (TPSA) is 71.4 Å². The molecule has 0 aliphatic carbocycles. The van der Waals surface area contributed by atoms with E-state index in [1.807, 2.05) is 18.2 Å². The third-order valence-electron chi connectivity index (χ3n) is 2.44. The van der Waals surface area contributed by atoms with Gasteiger partial charge in [-0.1, -0.05) is 30.3 Å². The molecule has 0 fully saturated rings. The van der Waals surface area contributed by atoms with Crippen LogP contribution in [-0.4, -0.2) is 19.5 Å². The second-order valence-corrected chi connectivity index (χ2v) is 5.53. The van der Waals surface area contributed by atoms with Crippen LogP contribution in [0.3, 0.4) is 0 Å². The molecule has 0 atom stereocenters. The number of carbonyl (C=O) groups is 1. The third-order valence-corrected chi connectivity index (χ3v) is 3.84. The molecule has 4 nitrogen and oxygen atoms in total. The van der Waals surface area contributed by atoms with Crippen molar-refractivity contribution < 1.29 is 18.3 Å². The molecule has 1 N–H and O–H groups in total. The summed E-state index contributed by atoms with van der Waals surface area (Å²) in [6.45, 7) is 0. The van der Waals surface area contributed by atoms with Gasteiger partial charge in [0.05, 0.1) is 4.90 Å². The molecule has 92 valence electrons. The van der Waals surface area contributed by atoms with Gasteiger partial charge in [-0.05, 0) is 22.9 Å². The minimum Gasteiger partial charge on any atom is -0.478 e. The molecule has 0 aliphatic heterocycles. The number of benzene rings is 2. The lowest BCUT2D eigenvalue weighted by Crippen LogP contribution is -1.98. The lowest BCUT2D eigenvalue weighted by molar-refractivity contribution is -0.131. The van der Waals surface area contributed by atoms with Crippen molar-refractivity contribution in [2.45, 2.75) is 4.90 Å². The van der Waals surface area contributed by atoms with Gasteiger partial charge in [-0.25, -0.2) is 13.2 Å². The summed E-state index contributed by atoms with van der Waals surface area (Å²) in [7, 11) is -3.71. The van der Waals surface area contributed by atoms with E-state index in [1.54, 1.807) is 12.1 Å². The van der Waals surface area contributed by atoms with Crippen LogP contribution < -0.4 is 0 Å². The molecule has 18 heavy (non-hydrogen) atoms. The Morgan fingerprint density at radius 3 is 2.39 bits per heavy atom. The number of hydrogen-bond donors (Lipinski definition) is 1. The molecule has 5 heteroatoms. The predicted molar refractivity (Wildman–Crippen MR) is 67.9 cm³/mol. The lowest BCUT2D eigenvalue weighted by Gasteiger charge is -2.01. The first-order valence-electron chi connectivity index (χ1n) is 5.14. The van der Waals surface area contributed by atoms with Crippen LogP contribution in [-0.2, 0) is 14.6 Å². The Kier molecular flexibility index (Phi) is 3.16. The highest BCUT2D eigenvalue weighted by atomic mass is 32.2. The van der Waals surface area contributed by atoms with Gasteiger partial charge in [-0.3, -0.25) is 0 Å². The summed E-state index contributed by atoms with van der Waals surface area (Å²) in [4.78, 5) is 10.4. The van der Waals surface area contributed by atoms with Gasteiger partial charge in [0.2, 0.25) is 0 Å². The van der Waals surface area contributed by atoms with E-state index in [0.29, 0.717) is 11.5 Å². The van der Waals surface area contributed by atoms with E-state index in [4.69, 9.17) is 5.11 Å². The fourth-order valence-electron chi connectivity index (χ4n) is 1.57. The van der Waals surface area contributed by atoms with Crippen LogP contribution >= 0.6 is 0 Å².